The summed E-state index contributed by atoms with van der Waals surface area (Å²) in [5.41, 5.74) is 2.46. The van der Waals surface area contributed by atoms with Crippen molar-refractivity contribution < 1.29 is 18.9 Å². The molecule has 0 fully saturated rings. The zero-order chi connectivity index (χ0) is 24.0. The average Bonchev–Trinajstić information content (AvgIpc) is 3.23. The van der Waals surface area contributed by atoms with Crippen LogP contribution < -0.4 is 10.2 Å². The van der Waals surface area contributed by atoms with E-state index in [0.717, 1.165) is 0 Å². The maximum absolute atomic E-state index is 13.9. The Bertz CT molecular complexity index is 1340. The Labute approximate surface area is 196 Å². The van der Waals surface area contributed by atoms with E-state index in [1.807, 2.05) is 38.1 Å². The van der Waals surface area contributed by atoms with Gasteiger partial charge in [0.15, 0.2) is 5.78 Å². The minimum Gasteiger partial charge on any atom is -0.403 e. The highest BCUT2D eigenvalue weighted by Gasteiger charge is 2.45. The zero-order valence-corrected chi connectivity index (χ0v) is 18.8. The monoisotopic (exact) mass is 457 g/mol. The third kappa shape index (κ3) is 3.67. The maximum atomic E-state index is 13.9. The molecule has 0 saturated heterocycles. The molecule has 0 radical (unpaired) electrons. The van der Waals surface area contributed by atoms with Crippen molar-refractivity contribution in [1.82, 2.24) is 0 Å². The number of anilines is 2. The average molecular weight is 457 g/mol. The van der Waals surface area contributed by atoms with Crippen LogP contribution in [-0.4, -0.2) is 16.6 Å². The Morgan fingerprint density at radius 3 is 2.47 bits per heavy atom. The van der Waals surface area contributed by atoms with Gasteiger partial charge in [0.1, 0.15) is 16.7 Å². The number of Topliss-reactive ketones (excluding diaryl/α,β-unsaturated/α-hetero) is 1. The number of carbonyl (C=O) groups excluding carboxylic acids is 2. The number of furan rings is 1. The first kappa shape index (κ1) is 21.6. The van der Waals surface area contributed by atoms with Crippen LogP contribution in [0.25, 0.3) is 0 Å². The molecule has 5 rings (SSSR count). The van der Waals surface area contributed by atoms with E-state index < -0.39 is 16.8 Å². The lowest BCUT2D eigenvalue weighted by atomic mass is 9.74. The van der Waals surface area contributed by atoms with Crippen molar-refractivity contribution in [1.29, 1.82) is 0 Å². The zero-order valence-electron chi connectivity index (χ0n) is 18.8. The molecule has 0 saturated carbocycles. The van der Waals surface area contributed by atoms with E-state index in [9.17, 15) is 19.7 Å². The SMILES string of the molecule is CC1(C)CC(=O)C2=C(C1)Nc1ccccc1N(C(=O)c1ccccc1)[C@H]2c1ccc([N+](=O)[O-])o1. The molecule has 1 aromatic heterocycles. The number of allylic oxidation sites excluding steroid dienone is 1. The molecule has 2 heterocycles. The molecular weight excluding hydrogens is 434 g/mol. The van der Waals surface area contributed by atoms with E-state index in [2.05, 4.69) is 5.32 Å². The van der Waals surface area contributed by atoms with E-state index in [0.29, 0.717) is 34.6 Å². The number of fused-ring (bicyclic) bond motifs is 1. The van der Waals surface area contributed by atoms with Gasteiger partial charge in [0.2, 0.25) is 0 Å². The van der Waals surface area contributed by atoms with Gasteiger partial charge in [-0.2, -0.15) is 0 Å². The Morgan fingerprint density at radius 1 is 1.06 bits per heavy atom. The highest BCUT2D eigenvalue weighted by Crippen LogP contribution is 2.49. The van der Waals surface area contributed by atoms with Gasteiger partial charge >= 0.3 is 5.88 Å². The highest BCUT2D eigenvalue weighted by atomic mass is 16.6. The minimum atomic E-state index is -0.962. The van der Waals surface area contributed by atoms with Crippen LogP contribution >= 0.6 is 0 Å². The number of hydrogen-bond acceptors (Lipinski definition) is 6. The molecule has 172 valence electrons. The second-order valence-electron chi connectivity index (χ2n) is 9.35. The molecule has 0 spiro atoms. The van der Waals surface area contributed by atoms with Crippen molar-refractivity contribution in [3.8, 4) is 0 Å². The predicted molar refractivity (Wildman–Crippen MR) is 126 cm³/mol. The van der Waals surface area contributed by atoms with Crippen LogP contribution in [-0.2, 0) is 4.79 Å². The summed E-state index contributed by atoms with van der Waals surface area (Å²) in [5, 5.41) is 14.8. The lowest BCUT2D eigenvalue weighted by Gasteiger charge is -2.36. The lowest BCUT2D eigenvalue weighted by molar-refractivity contribution is -0.402. The van der Waals surface area contributed by atoms with Crippen molar-refractivity contribution in [2.75, 3.05) is 10.2 Å². The molecule has 2 aromatic carbocycles. The molecule has 2 aliphatic rings. The Balaban J connectivity index is 1.79. The molecule has 8 heteroatoms. The lowest BCUT2D eigenvalue weighted by Crippen LogP contribution is -2.39. The first-order valence-corrected chi connectivity index (χ1v) is 11.0. The van der Waals surface area contributed by atoms with Gasteiger partial charge in [-0.05, 0) is 42.2 Å². The number of nitrogens with zero attached hydrogens (tertiary/aromatic N) is 2. The molecular formula is C26H23N3O5. The Hall–Kier alpha value is -4.20. The summed E-state index contributed by atoms with van der Waals surface area (Å²) in [6.07, 6.45) is 0.867. The quantitative estimate of drug-likeness (QED) is 0.403. The number of nitro groups is 1. The summed E-state index contributed by atoms with van der Waals surface area (Å²) in [6.45, 7) is 4.04. The second kappa shape index (κ2) is 7.98. The minimum absolute atomic E-state index is 0.124. The van der Waals surface area contributed by atoms with Gasteiger partial charge in [-0.1, -0.05) is 44.2 Å². The third-order valence-electron chi connectivity index (χ3n) is 6.20. The fourth-order valence-electron chi connectivity index (χ4n) is 4.79. The second-order valence-corrected chi connectivity index (χ2v) is 9.35. The topological polar surface area (TPSA) is 106 Å². The number of nitrogens with one attached hydrogen (secondary N) is 1. The summed E-state index contributed by atoms with van der Waals surface area (Å²) in [6, 6.07) is 17.8. The van der Waals surface area contributed by atoms with Crippen molar-refractivity contribution in [2.45, 2.75) is 32.7 Å². The van der Waals surface area contributed by atoms with Crippen LogP contribution in [0.15, 0.2) is 82.4 Å². The number of para-hydroxylation sites is 2. The van der Waals surface area contributed by atoms with Gasteiger partial charge in [-0.25, -0.2) is 0 Å². The molecule has 3 aromatic rings. The van der Waals surface area contributed by atoms with E-state index in [1.54, 1.807) is 30.3 Å². The van der Waals surface area contributed by atoms with Gasteiger partial charge in [0, 0.05) is 23.3 Å². The number of rotatable bonds is 3. The fourth-order valence-corrected chi connectivity index (χ4v) is 4.79. The first-order chi connectivity index (χ1) is 16.2. The van der Waals surface area contributed by atoms with Gasteiger partial charge < -0.3 is 9.73 Å². The van der Waals surface area contributed by atoms with E-state index in [1.165, 1.54) is 17.0 Å². The van der Waals surface area contributed by atoms with E-state index >= 15 is 0 Å². The molecule has 1 aliphatic carbocycles. The molecule has 34 heavy (non-hydrogen) atoms. The van der Waals surface area contributed by atoms with Crippen LogP contribution in [0.1, 0.15) is 48.8 Å². The van der Waals surface area contributed by atoms with Crippen LogP contribution in [0.2, 0.25) is 0 Å². The molecule has 1 atom stereocenters. The maximum Gasteiger partial charge on any atom is 0.433 e. The number of amides is 1. The van der Waals surface area contributed by atoms with Gasteiger partial charge in [0.25, 0.3) is 5.91 Å². The largest absolute Gasteiger partial charge is 0.433 e. The van der Waals surface area contributed by atoms with Crippen molar-refractivity contribution >= 4 is 28.9 Å². The fraction of sp³-hybridized carbons (Fsp3) is 0.231. The highest BCUT2D eigenvalue weighted by molar-refractivity contribution is 6.11. The summed E-state index contributed by atoms with van der Waals surface area (Å²) in [7, 11) is 0. The molecule has 0 unspecified atom stereocenters. The van der Waals surface area contributed by atoms with Crippen LogP contribution in [0.3, 0.4) is 0 Å². The number of benzene rings is 2. The van der Waals surface area contributed by atoms with Crippen molar-refractivity contribution in [3.63, 3.8) is 0 Å². The van der Waals surface area contributed by atoms with Crippen molar-refractivity contribution in [3.05, 3.63) is 99.4 Å². The molecule has 1 amide bonds. The number of ketones is 1. The van der Waals surface area contributed by atoms with Crippen molar-refractivity contribution in [2.24, 2.45) is 5.41 Å². The summed E-state index contributed by atoms with van der Waals surface area (Å²) < 4.78 is 5.61. The summed E-state index contributed by atoms with van der Waals surface area (Å²) in [4.78, 5) is 39.8. The van der Waals surface area contributed by atoms with Crippen LogP contribution in [0, 0.1) is 15.5 Å². The molecule has 1 N–H and O–H groups in total. The Morgan fingerprint density at radius 2 is 1.76 bits per heavy atom. The summed E-state index contributed by atoms with van der Waals surface area (Å²) >= 11 is 0. The van der Waals surface area contributed by atoms with Crippen LogP contribution in [0.4, 0.5) is 17.3 Å². The predicted octanol–water partition coefficient (Wildman–Crippen LogP) is 5.64. The Kier molecular flexibility index (Phi) is 5.08. The van der Waals surface area contributed by atoms with Gasteiger partial charge in [0.05, 0.1) is 17.4 Å². The van der Waals surface area contributed by atoms with E-state index in [-0.39, 0.29) is 29.3 Å². The summed E-state index contributed by atoms with van der Waals surface area (Å²) in [5.74, 6) is -0.750. The van der Waals surface area contributed by atoms with Crippen LogP contribution in [0.5, 0.6) is 0 Å². The van der Waals surface area contributed by atoms with E-state index in [4.69, 9.17) is 4.42 Å². The number of carbonyl (C=O) groups is 2. The van der Waals surface area contributed by atoms with Gasteiger partial charge in [-0.15, -0.1) is 0 Å². The smallest absolute Gasteiger partial charge is 0.403 e. The van der Waals surface area contributed by atoms with Gasteiger partial charge in [-0.3, -0.25) is 24.6 Å². The normalized spacial score (nSPS) is 19.1. The molecule has 0 bridgehead atoms. The standard InChI is InChI=1S/C26H23N3O5/c1-26(2)14-18-23(20(30)15-26)24(21-12-13-22(34-21)29(32)33)28(19-11-7-6-10-17(19)27-18)25(31)16-8-4-3-5-9-16/h3-13,24,27H,14-15H2,1-2H3/t24-/m0/s1. The molecule has 8 nitrogen and oxygen atoms in total. The molecule has 1 aliphatic heterocycles. The first-order valence-electron chi connectivity index (χ1n) is 11.0. The third-order valence-corrected chi connectivity index (χ3v) is 6.20. The number of hydrogen-bond donors (Lipinski definition) is 1.